The lowest BCUT2D eigenvalue weighted by Gasteiger charge is -2.10. The summed E-state index contributed by atoms with van der Waals surface area (Å²) < 4.78 is 5.51. The van der Waals surface area contributed by atoms with E-state index >= 15 is 0 Å². The minimum Gasteiger partial charge on any atom is -0.492 e. The molecule has 3 nitrogen and oxygen atoms in total. The van der Waals surface area contributed by atoms with Gasteiger partial charge in [-0.1, -0.05) is 42.5 Å². The van der Waals surface area contributed by atoms with Gasteiger partial charge >= 0.3 is 0 Å². The predicted molar refractivity (Wildman–Crippen MR) is 71.8 cm³/mol. The van der Waals surface area contributed by atoms with Crippen LogP contribution in [-0.2, 0) is 0 Å². The molecule has 0 saturated carbocycles. The van der Waals surface area contributed by atoms with E-state index in [1.807, 2.05) is 42.5 Å². The van der Waals surface area contributed by atoms with E-state index in [1.165, 1.54) is 11.1 Å². The van der Waals surface area contributed by atoms with Gasteiger partial charge in [0.2, 0.25) is 0 Å². The van der Waals surface area contributed by atoms with Gasteiger partial charge in [0.05, 0.1) is 6.54 Å². The maximum Gasteiger partial charge on any atom is 0.119 e. The highest BCUT2D eigenvalue weighted by Crippen LogP contribution is 2.21. The van der Waals surface area contributed by atoms with Gasteiger partial charge in [0, 0.05) is 7.05 Å². The highest BCUT2D eigenvalue weighted by Gasteiger charge is 1.98. The second-order valence-corrected chi connectivity index (χ2v) is 4.12. The Hall–Kier alpha value is -1.84. The fourth-order valence-corrected chi connectivity index (χ4v) is 1.67. The molecule has 0 fully saturated rings. The molecule has 94 valence electrons. The molecule has 0 aromatic heterocycles. The van der Waals surface area contributed by atoms with E-state index in [0.29, 0.717) is 13.2 Å². The summed E-state index contributed by atoms with van der Waals surface area (Å²) >= 11 is 0. The van der Waals surface area contributed by atoms with Crippen molar-refractivity contribution in [3.63, 3.8) is 0 Å². The quantitative estimate of drug-likeness (QED) is 0.819. The lowest BCUT2D eigenvalue weighted by atomic mass is 10.1. The molecule has 0 aliphatic carbocycles. The average molecular weight is 243 g/mol. The summed E-state index contributed by atoms with van der Waals surface area (Å²) in [6, 6.07) is 18.2. The van der Waals surface area contributed by atoms with Gasteiger partial charge in [0.15, 0.2) is 0 Å². The number of ether oxygens (including phenoxy) is 1. The first-order chi connectivity index (χ1) is 8.75. The summed E-state index contributed by atoms with van der Waals surface area (Å²) in [6.07, 6.45) is 0. The van der Waals surface area contributed by atoms with Crippen LogP contribution in [0.4, 0.5) is 0 Å². The normalized spacial score (nSPS) is 10.6. The molecule has 0 bridgehead atoms. The molecule has 0 unspecified atom stereocenters. The molecule has 0 spiro atoms. The molecule has 0 atom stereocenters. The molecular weight excluding hydrogens is 226 g/mol. The Labute approximate surface area is 107 Å². The summed E-state index contributed by atoms with van der Waals surface area (Å²) in [7, 11) is 1.60. The van der Waals surface area contributed by atoms with E-state index in [4.69, 9.17) is 9.94 Å². The molecule has 0 radical (unpaired) electrons. The zero-order chi connectivity index (χ0) is 12.8. The van der Waals surface area contributed by atoms with Crippen LogP contribution in [0.25, 0.3) is 11.1 Å². The number of hydrogen-bond acceptors (Lipinski definition) is 3. The molecule has 18 heavy (non-hydrogen) atoms. The Morgan fingerprint density at radius 2 is 1.56 bits per heavy atom. The van der Waals surface area contributed by atoms with E-state index in [9.17, 15) is 0 Å². The molecule has 0 aliphatic heterocycles. The Morgan fingerprint density at radius 1 is 0.944 bits per heavy atom. The van der Waals surface area contributed by atoms with E-state index in [0.717, 1.165) is 10.8 Å². The van der Waals surface area contributed by atoms with Crippen molar-refractivity contribution >= 4 is 0 Å². The number of likely N-dealkylation sites (N-methyl/N-ethyl adjacent to an activating group) is 1. The highest BCUT2D eigenvalue weighted by molar-refractivity contribution is 5.63. The number of hydrogen-bond donors (Lipinski definition) is 1. The molecule has 3 heteroatoms. The first-order valence-electron chi connectivity index (χ1n) is 5.94. The van der Waals surface area contributed by atoms with Gasteiger partial charge in [-0.05, 0) is 23.3 Å². The number of benzene rings is 2. The number of hydroxylamine groups is 2. The average Bonchev–Trinajstić information content (AvgIpc) is 2.40. The van der Waals surface area contributed by atoms with Crippen molar-refractivity contribution in [1.82, 2.24) is 5.06 Å². The molecular formula is C15H17NO2. The van der Waals surface area contributed by atoms with Gasteiger partial charge in [-0.25, -0.2) is 0 Å². The van der Waals surface area contributed by atoms with Crippen molar-refractivity contribution in [2.24, 2.45) is 0 Å². The molecule has 0 saturated heterocycles. The maximum absolute atomic E-state index is 8.98. The van der Waals surface area contributed by atoms with Crippen LogP contribution < -0.4 is 4.74 Å². The topological polar surface area (TPSA) is 32.7 Å². The molecule has 1 N–H and O–H groups in total. The second-order valence-electron chi connectivity index (χ2n) is 4.12. The molecule has 2 rings (SSSR count). The summed E-state index contributed by atoms with van der Waals surface area (Å²) in [5.74, 6) is 0.816. The van der Waals surface area contributed by atoms with Gasteiger partial charge in [0.25, 0.3) is 0 Å². The largest absolute Gasteiger partial charge is 0.492 e. The minimum atomic E-state index is 0.470. The predicted octanol–water partition coefficient (Wildman–Crippen LogP) is 3.05. The van der Waals surface area contributed by atoms with Gasteiger partial charge in [-0.3, -0.25) is 0 Å². The zero-order valence-electron chi connectivity index (χ0n) is 10.4. The second kappa shape index (κ2) is 6.19. The van der Waals surface area contributed by atoms with Crippen LogP contribution in [0.2, 0.25) is 0 Å². The summed E-state index contributed by atoms with van der Waals surface area (Å²) in [5.41, 5.74) is 2.36. The van der Waals surface area contributed by atoms with Gasteiger partial charge in [-0.15, -0.1) is 0 Å². The Bertz CT molecular complexity index is 466. The van der Waals surface area contributed by atoms with Crippen molar-refractivity contribution in [1.29, 1.82) is 0 Å². The maximum atomic E-state index is 8.98. The Morgan fingerprint density at radius 3 is 2.17 bits per heavy atom. The standard InChI is InChI=1S/C15H17NO2/c1-16(17)11-12-18-15-9-7-14(8-10-15)13-5-3-2-4-6-13/h2-10,17H,11-12H2,1H3. The van der Waals surface area contributed by atoms with E-state index in [2.05, 4.69) is 12.1 Å². The van der Waals surface area contributed by atoms with E-state index in [-0.39, 0.29) is 0 Å². The van der Waals surface area contributed by atoms with Gasteiger partial charge in [0.1, 0.15) is 12.4 Å². The fraction of sp³-hybridized carbons (Fsp3) is 0.200. The molecule has 0 amide bonds. The molecule has 0 heterocycles. The number of nitrogens with zero attached hydrogens (tertiary/aromatic N) is 1. The van der Waals surface area contributed by atoms with Crippen LogP contribution in [0.5, 0.6) is 5.75 Å². The summed E-state index contributed by atoms with van der Waals surface area (Å²) in [4.78, 5) is 0. The Balaban J connectivity index is 1.98. The monoisotopic (exact) mass is 243 g/mol. The lowest BCUT2D eigenvalue weighted by molar-refractivity contribution is -0.0713. The van der Waals surface area contributed by atoms with Crippen molar-refractivity contribution < 1.29 is 9.94 Å². The third-order valence-electron chi connectivity index (χ3n) is 2.65. The van der Waals surface area contributed by atoms with Crippen molar-refractivity contribution in [3.05, 3.63) is 54.6 Å². The smallest absolute Gasteiger partial charge is 0.119 e. The SMILES string of the molecule is CN(O)CCOc1ccc(-c2ccccc2)cc1. The van der Waals surface area contributed by atoms with Crippen LogP contribution in [-0.4, -0.2) is 30.5 Å². The fourth-order valence-electron chi connectivity index (χ4n) is 1.67. The van der Waals surface area contributed by atoms with Crippen LogP contribution in [0.1, 0.15) is 0 Å². The van der Waals surface area contributed by atoms with Crippen LogP contribution in [0.3, 0.4) is 0 Å². The zero-order valence-corrected chi connectivity index (χ0v) is 10.4. The molecule has 2 aromatic carbocycles. The first-order valence-corrected chi connectivity index (χ1v) is 5.94. The van der Waals surface area contributed by atoms with Crippen LogP contribution in [0, 0.1) is 0 Å². The summed E-state index contributed by atoms with van der Waals surface area (Å²) in [5, 5.41) is 10.1. The summed E-state index contributed by atoms with van der Waals surface area (Å²) in [6.45, 7) is 0.956. The van der Waals surface area contributed by atoms with Crippen molar-refractivity contribution in [2.75, 3.05) is 20.2 Å². The van der Waals surface area contributed by atoms with Gasteiger partial charge < -0.3 is 9.94 Å². The number of rotatable bonds is 5. The van der Waals surface area contributed by atoms with Gasteiger partial charge in [-0.2, -0.15) is 5.06 Å². The Kier molecular flexibility index (Phi) is 4.34. The first kappa shape index (κ1) is 12.6. The van der Waals surface area contributed by atoms with Crippen molar-refractivity contribution in [3.8, 4) is 16.9 Å². The molecule has 2 aromatic rings. The van der Waals surface area contributed by atoms with Crippen molar-refractivity contribution in [2.45, 2.75) is 0 Å². The third-order valence-corrected chi connectivity index (χ3v) is 2.65. The highest BCUT2D eigenvalue weighted by atomic mass is 16.5. The lowest BCUT2D eigenvalue weighted by Crippen LogP contribution is -2.20. The van der Waals surface area contributed by atoms with Crippen LogP contribution >= 0.6 is 0 Å². The van der Waals surface area contributed by atoms with Crippen LogP contribution in [0.15, 0.2) is 54.6 Å². The van der Waals surface area contributed by atoms with E-state index in [1.54, 1.807) is 7.05 Å². The third kappa shape index (κ3) is 3.58. The minimum absolute atomic E-state index is 0.470. The van der Waals surface area contributed by atoms with E-state index < -0.39 is 0 Å². The molecule has 0 aliphatic rings.